The third-order valence-corrected chi connectivity index (χ3v) is 5.44. The molecule has 1 N–H and O–H groups in total. The molecule has 0 aliphatic rings. The largest absolute Gasteiger partial charge is 0.377 e. The number of aromatic amines is 1. The minimum Gasteiger partial charge on any atom is -0.377 e. The van der Waals surface area contributed by atoms with Crippen LogP contribution in [0.2, 0.25) is 0 Å². The van der Waals surface area contributed by atoms with Crippen LogP contribution >= 0.6 is 27.7 Å². The van der Waals surface area contributed by atoms with Crippen LogP contribution in [-0.4, -0.2) is 11.6 Å². The summed E-state index contributed by atoms with van der Waals surface area (Å²) in [5, 5.41) is 0. The van der Waals surface area contributed by atoms with Gasteiger partial charge in [-0.1, -0.05) is 17.8 Å². The summed E-state index contributed by atoms with van der Waals surface area (Å²) < 4.78 is 6.13. The van der Waals surface area contributed by atoms with Crippen molar-refractivity contribution in [1.29, 1.82) is 0 Å². The number of pyridine rings is 1. The highest BCUT2D eigenvalue weighted by molar-refractivity contribution is 9.10. The van der Waals surface area contributed by atoms with Gasteiger partial charge < -0.3 is 9.72 Å². The Balaban J connectivity index is 2.50. The number of rotatable bonds is 5. The van der Waals surface area contributed by atoms with Crippen molar-refractivity contribution in [2.45, 2.75) is 44.1 Å². The Morgan fingerprint density at radius 3 is 2.41 bits per heavy atom. The van der Waals surface area contributed by atoms with Gasteiger partial charge in [0.05, 0.1) is 11.1 Å². The van der Waals surface area contributed by atoms with Gasteiger partial charge in [0.1, 0.15) is 0 Å². The van der Waals surface area contributed by atoms with Crippen molar-refractivity contribution in [2.24, 2.45) is 0 Å². The molecule has 0 unspecified atom stereocenters. The molecule has 0 radical (unpaired) electrons. The Morgan fingerprint density at radius 1 is 1.18 bits per heavy atom. The number of benzene rings is 1. The molecule has 0 amide bonds. The highest BCUT2D eigenvalue weighted by Gasteiger charge is 2.15. The van der Waals surface area contributed by atoms with E-state index in [-0.39, 0.29) is 5.56 Å². The summed E-state index contributed by atoms with van der Waals surface area (Å²) in [6.07, 6.45) is 0. The monoisotopic (exact) mass is 381 g/mol. The zero-order chi connectivity index (χ0) is 16.3. The molecule has 0 aliphatic carbocycles. The molecular weight excluding hydrogens is 362 g/mol. The van der Waals surface area contributed by atoms with Crippen LogP contribution in [0.15, 0.2) is 37.3 Å². The second kappa shape index (κ2) is 7.49. The van der Waals surface area contributed by atoms with Crippen LogP contribution in [0.3, 0.4) is 0 Å². The third-order valence-electron chi connectivity index (χ3n) is 3.29. The summed E-state index contributed by atoms with van der Waals surface area (Å²) in [5.74, 6) is 0. The zero-order valence-electron chi connectivity index (χ0n) is 13.2. The molecule has 22 heavy (non-hydrogen) atoms. The first-order valence-electron chi connectivity index (χ1n) is 7.17. The molecule has 118 valence electrons. The number of hydrogen-bond acceptors (Lipinski definition) is 3. The van der Waals surface area contributed by atoms with Crippen molar-refractivity contribution in [3.8, 4) is 0 Å². The minimum absolute atomic E-state index is 0.107. The molecule has 0 atom stereocenters. The second-order valence-electron chi connectivity index (χ2n) is 5.26. The summed E-state index contributed by atoms with van der Waals surface area (Å²) in [6.45, 7) is 9.17. The van der Waals surface area contributed by atoms with E-state index in [4.69, 9.17) is 4.74 Å². The molecule has 5 heteroatoms. The molecule has 2 aromatic rings. The van der Waals surface area contributed by atoms with E-state index in [0.717, 1.165) is 21.0 Å². The van der Waals surface area contributed by atoms with Gasteiger partial charge in [-0.05, 0) is 66.9 Å². The van der Waals surface area contributed by atoms with E-state index in [1.54, 1.807) is 11.8 Å². The van der Waals surface area contributed by atoms with Crippen LogP contribution in [0.1, 0.15) is 29.3 Å². The highest BCUT2D eigenvalue weighted by atomic mass is 79.9. The predicted octanol–water partition coefficient (Wildman–Crippen LogP) is 4.75. The fourth-order valence-electron chi connectivity index (χ4n) is 2.30. The van der Waals surface area contributed by atoms with Crippen molar-refractivity contribution < 1.29 is 4.74 Å². The van der Waals surface area contributed by atoms with Gasteiger partial charge >= 0.3 is 0 Å². The zero-order valence-corrected chi connectivity index (χ0v) is 15.7. The van der Waals surface area contributed by atoms with E-state index in [1.165, 1.54) is 11.1 Å². The van der Waals surface area contributed by atoms with Crippen LogP contribution in [0, 0.1) is 20.8 Å². The molecule has 1 aromatic heterocycles. The van der Waals surface area contributed by atoms with Crippen LogP contribution in [0.4, 0.5) is 0 Å². The Bertz CT molecular complexity index is 720. The van der Waals surface area contributed by atoms with Gasteiger partial charge in [0.15, 0.2) is 0 Å². The standard InChI is InChI=1S/C17H20BrNO2S/c1-5-21-9-14-12(4)19-17(20)15(18)16(14)22-13-7-10(2)6-11(3)8-13/h6-8H,5,9H2,1-4H3,(H,19,20). The van der Waals surface area contributed by atoms with Gasteiger partial charge in [0.2, 0.25) is 0 Å². The van der Waals surface area contributed by atoms with Gasteiger partial charge in [-0.2, -0.15) is 0 Å². The summed E-state index contributed by atoms with van der Waals surface area (Å²) in [7, 11) is 0. The molecule has 0 saturated heterocycles. The van der Waals surface area contributed by atoms with E-state index >= 15 is 0 Å². The van der Waals surface area contributed by atoms with E-state index in [0.29, 0.717) is 17.7 Å². The Labute approximate surface area is 143 Å². The molecule has 2 rings (SSSR count). The molecule has 0 aliphatic heterocycles. The predicted molar refractivity (Wildman–Crippen MR) is 94.9 cm³/mol. The normalized spacial score (nSPS) is 11.0. The minimum atomic E-state index is -0.107. The molecule has 0 saturated carbocycles. The first-order chi connectivity index (χ1) is 10.4. The average molecular weight is 382 g/mol. The van der Waals surface area contributed by atoms with Gasteiger partial charge in [0.25, 0.3) is 5.56 Å². The third kappa shape index (κ3) is 4.03. The Hall–Kier alpha value is -1.04. The molecule has 0 bridgehead atoms. The fraction of sp³-hybridized carbons (Fsp3) is 0.353. The maximum atomic E-state index is 12.1. The molecular formula is C17H20BrNO2S. The number of ether oxygens (including phenoxy) is 1. The smallest absolute Gasteiger partial charge is 0.263 e. The quantitative estimate of drug-likeness (QED) is 0.812. The number of aryl methyl sites for hydroxylation is 3. The number of nitrogens with one attached hydrogen (secondary N) is 1. The molecule has 0 fully saturated rings. The lowest BCUT2D eigenvalue weighted by Gasteiger charge is -2.14. The van der Waals surface area contributed by atoms with Crippen molar-refractivity contribution in [2.75, 3.05) is 6.61 Å². The molecule has 1 heterocycles. The SMILES string of the molecule is CCOCc1c(C)[nH]c(=O)c(Br)c1Sc1cc(C)cc(C)c1. The Kier molecular flexibility index (Phi) is 5.89. The van der Waals surface area contributed by atoms with Gasteiger partial charge in [-0.25, -0.2) is 0 Å². The van der Waals surface area contributed by atoms with E-state index in [1.807, 2.05) is 13.8 Å². The van der Waals surface area contributed by atoms with E-state index in [9.17, 15) is 4.79 Å². The van der Waals surface area contributed by atoms with E-state index in [2.05, 4.69) is 53.0 Å². The van der Waals surface area contributed by atoms with Crippen molar-refractivity contribution >= 4 is 27.7 Å². The number of halogens is 1. The molecule has 1 aromatic carbocycles. The fourth-order valence-corrected chi connectivity index (χ4v) is 4.12. The molecule has 0 spiro atoms. The first-order valence-corrected chi connectivity index (χ1v) is 8.78. The maximum Gasteiger partial charge on any atom is 0.263 e. The number of aromatic nitrogens is 1. The van der Waals surface area contributed by atoms with Crippen LogP contribution in [0.5, 0.6) is 0 Å². The summed E-state index contributed by atoms with van der Waals surface area (Å²) >= 11 is 5.03. The summed E-state index contributed by atoms with van der Waals surface area (Å²) in [5.41, 5.74) is 4.20. The van der Waals surface area contributed by atoms with Crippen molar-refractivity contribution in [3.05, 3.63) is 55.4 Å². The summed E-state index contributed by atoms with van der Waals surface area (Å²) in [6, 6.07) is 6.40. The van der Waals surface area contributed by atoms with Gasteiger partial charge in [0, 0.05) is 27.7 Å². The highest BCUT2D eigenvalue weighted by Crippen LogP contribution is 2.36. The van der Waals surface area contributed by atoms with Crippen molar-refractivity contribution in [1.82, 2.24) is 4.98 Å². The number of hydrogen-bond donors (Lipinski definition) is 1. The molecule has 3 nitrogen and oxygen atoms in total. The lowest BCUT2D eigenvalue weighted by Crippen LogP contribution is -2.13. The lowest BCUT2D eigenvalue weighted by molar-refractivity contribution is 0.131. The van der Waals surface area contributed by atoms with Crippen LogP contribution in [-0.2, 0) is 11.3 Å². The maximum absolute atomic E-state index is 12.1. The first kappa shape index (κ1) is 17.3. The van der Waals surface area contributed by atoms with Gasteiger partial charge in [-0.15, -0.1) is 0 Å². The van der Waals surface area contributed by atoms with Crippen molar-refractivity contribution in [3.63, 3.8) is 0 Å². The summed E-state index contributed by atoms with van der Waals surface area (Å²) in [4.78, 5) is 17.0. The Morgan fingerprint density at radius 2 is 1.82 bits per heavy atom. The second-order valence-corrected chi connectivity index (χ2v) is 7.14. The van der Waals surface area contributed by atoms with Gasteiger partial charge in [-0.3, -0.25) is 4.79 Å². The average Bonchev–Trinajstić information content (AvgIpc) is 2.43. The van der Waals surface area contributed by atoms with Crippen LogP contribution < -0.4 is 5.56 Å². The number of H-pyrrole nitrogens is 1. The topological polar surface area (TPSA) is 42.1 Å². The van der Waals surface area contributed by atoms with E-state index < -0.39 is 0 Å². The van der Waals surface area contributed by atoms with Crippen LogP contribution in [0.25, 0.3) is 0 Å². The lowest BCUT2D eigenvalue weighted by atomic mass is 10.2.